The van der Waals surface area contributed by atoms with Gasteiger partial charge in [-0.3, -0.25) is 24.1 Å². The van der Waals surface area contributed by atoms with E-state index in [1.807, 2.05) is 93.6 Å². The number of phenolic OH excluding ortho intramolecular Hbond substituents is 1. The number of aryl methyl sites for hydroxylation is 1. The number of anilines is 1. The van der Waals surface area contributed by atoms with Crippen LogP contribution in [0.15, 0.2) is 84.9 Å². The zero-order valence-electron chi connectivity index (χ0n) is 48.6. The normalized spacial score (nSPS) is 19.8. The number of carbonyl (C=O) groups excluding carboxylic acids is 4. The molecule has 5 N–H and O–H groups in total. The SMILES string of the molecule is C=CC(=O)N1CCN(c2nc([C@H](CO)CN3CCC(CN4CCN(CC(=O)N[C@H](C(=O)N5CC(O)CC5C(=O)N[C@@H](C)c5ccc(-c6scnc6C)cc5)C(C)(C)C)CC4)CC3)nc3c(F)c(-c4cc(O)cc5ccccc45)c(Cl)cc23)CC1. The number of rotatable bonds is 17. The lowest BCUT2D eigenvalue weighted by molar-refractivity contribution is -0.144. The molecule has 6 aromatic rings. The van der Waals surface area contributed by atoms with Gasteiger partial charge in [-0.05, 0) is 103 Å². The number of aromatic hydroxyl groups is 1. The van der Waals surface area contributed by atoms with Crippen LogP contribution in [-0.2, 0) is 19.2 Å². The van der Waals surface area contributed by atoms with Crippen LogP contribution < -0.4 is 15.5 Å². The predicted octanol–water partition coefficient (Wildman–Crippen LogP) is 6.99. The molecule has 2 aromatic heterocycles. The van der Waals surface area contributed by atoms with Crippen LogP contribution in [0.1, 0.15) is 76.0 Å². The summed E-state index contributed by atoms with van der Waals surface area (Å²) in [6.07, 6.45) is 2.39. The second kappa shape index (κ2) is 25.9. The van der Waals surface area contributed by atoms with E-state index < -0.39 is 41.2 Å². The number of phenols is 1. The zero-order chi connectivity index (χ0) is 59.6. The minimum atomic E-state index is -0.930. The van der Waals surface area contributed by atoms with E-state index in [1.165, 1.54) is 17.0 Å². The number of β-amino-alcohol motifs (C(OH)–C–C–N with tert-alkyl or cyclic N) is 1. The molecule has 18 nitrogen and oxygen atoms in total. The standard InChI is InChI=1S/C63H77ClFN11O7S/c1-7-53(81)74-24-26-75(27-25-74)60-49-31-50(64)54(48-29-45(78)28-43-10-8-9-11-47(43)48)55(65)56(49)69-59(70-60)44(36-77)33-71-18-16-40(17-19-71)32-72-20-22-73(23-21-72)35-52(80)68-58(63(4,5)6)62(83)76-34-46(79)30-51(76)61(82)67-38(2)41-12-14-42(15-13-41)57-39(3)66-37-84-57/h7-15,28-29,31,37-38,40,44,46,51,58,77-79H,1,16-27,30,32-36H2,2-6H3,(H,67,82)(H,68,80)/t38-,44-,46?,51?,58+/m0/s1. The third-order valence-electron chi connectivity index (χ3n) is 17.2. The van der Waals surface area contributed by atoms with Crippen LogP contribution in [0.5, 0.6) is 5.75 Å². The molecule has 0 saturated carbocycles. The summed E-state index contributed by atoms with van der Waals surface area (Å²) < 4.78 is 17.4. The number of hydrogen-bond donors (Lipinski definition) is 5. The number of benzene rings is 4. The summed E-state index contributed by atoms with van der Waals surface area (Å²) in [5.41, 5.74) is 4.62. The fraction of sp³-hybridized carbons (Fsp3) is 0.476. The molecule has 0 aliphatic carbocycles. The molecule has 4 aliphatic rings. The maximum absolute atomic E-state index is 17.4. The van der Waals surface area contributed by atoms with Crippen molar-refractivity contribution < 1.29 is 38.9 Å². The van der Waals surface area contributed by atoms with Gasteiger partial charge in [0.25, 0.3) is 0 Å². The Kier molecular flexibility index (Phi) is 18.7. The number of thiazole rings is 1. The van der Waals surface area contributed by atoms with Crippen LogP contribution in [0.2, 0.25) is 5.02 Å². The van der Waals surface area contributed by atoms with Crippen LogP contribution in [0.3, 0.4) is 0 Å². The lowest BCUT2D eigenvalue weighted by Gasteiger charge is -2.39. The maximum atomic E-state index is 17.4. The number of piperidine rings is 1. The summed E-state index contributed by atoms with van der Waals surface area (Å²) in [6, 6.07) is 18.0. The first-order chi connectivity index (χ1) is 40.3. The van der Waals surface area contributed by atoms with E-state index in [4.69, 9.17) is 21.6 Å². The van der Waals surface area contributed by atoms with E-state index in [-0.39, 0.29) is 71.7 Å². The van der Waals surface area contributed by atoms with Crippen molar-refractivity contribution in [2.24, 2.45) is 11.3 Å². The van der Waals surface area contributed by atoms with Gasteiger partial charge >= 0.3 is 0 Å². The van der Waals surface area contributed by atoms with Crippen molar-refractivity contribution in [3.63, 3.8) is 0 Å². The molecule has 4 saturated heterocycles. The van der Waals surface area contributed by atoms with E-state index in [9.17, 15) is 34.5 Å². The lowest BCUT2D eigenvalue weighted by atomic mass is 9.85. The first-order valence-electron chi connectivity index (χ1n) is 29.2. The fourth-order valence-corrected chi connectivity index (χ4v) is 13.5. The molecule has 6 heterocycles. The number of fused-ring (bicyclic) bond motifs is 2. The summed E-state index contributed by atoms with van der Waals surface area (Å²) in [7, 11) is 0. The molecular weight excluding hydrogens is 1110 g/mol. The highest BCUT2D eigenvalue weighted by molar-refractivity contribution is 7.13. The second-order valence-corrected chi connectivity index (χ2v) is 25.4. The molecule has 4 fully saturated rings. The monoisotopic (exact) mass is 1190 g/mol. The topological polar surface area (TPSA) is 211 Å². The highest BCUT2D eigenvalue weighted by Gasteiger charge is 2.45. The average molecular weight is 1190 g/mol. The third kappa shape index (κ3) is 13.4. The number of hydrogen-bond acceptors (Lipinski definition) is 15. The molecule has 446 valence electrons. The van der Waals surface area contributed by atoms with Crippen molar-refractivity contribution in [2.75, 3.05) is 103 Å². The van der Waals surface area contributed by atoms with Crippen molar-refractivity contribution in [1.29, 1.82) is 0 Å². The molecule has 2 unspecified atom stereocenters. The Hall–Kier alpha value is -6.65. The van der Waals surface area contributed by atoms with Gasteiger partial charge in [0.15, 0.2) is 5.82 Å². The van der Waals surface area contributed by atoms with Crippen molar-refractivity contribution in [3.8, 4) is 27.3 Å². The highest BCUT2D eigenvalue weighted by Crippen LogP contribution is 2.43. The molecule has 4 aliphatic heterocycles. The number of aliphatic hydroxyl groups is 2. The van der Waals surface area contributed by atoms with Gasteiger partial charge in [-0.15, -0.1) is 11.3 Å². The van der Waals surface area contributed by atoms with Crippen LogP contribution in [0.4, 0.5) is 10.2 Å². The van der Waals surface area contributed by atoms with Crippen molar-refractivity contribution >= 4 is 74.1 Å². The zero-order valence-corrected chi connectivity index (χ0v) is 50.1. The van der Waals surface area contributed by atoms with E-state index in [1.54, 1.807) is 28.4 Å². The molecule has 5 atom stereocenters. The van der Waals surface area contributed by atoms with E-state index in [0.29, 0.717) is 79.7 Å². The highest BCUT2D eigenvalue weighted by atomic mass is 35.5. The van der Waals surface area contributed by atoms with Gasteiger partial charge in [-0.2, -0.15) is 0 Å². The van der Waals surface area contributed by atoms with Crippen LogP contribution >= 0.6 is 22.9 Å². The molecule has 21 heteroatoms. The van der Waals surface area contributed by atoms with E-state index in [0.717, 1.165) is 72.6 Å². The first kappa shape index (κ1) is 60.5. The number of carbonyl (C=O) groups is 4. The Labute approximate surface area is 499 Å². The number of likely N-dealkylation sites (tertiary alicyclic amines) is 2. The summed E-state index contributed by atoms with van der Waals surface area (Å²) in [4.78, 5) is 82.0. The maximum Gasteiger partial charge on any atom is 0.246 e. The Morgan fingerprint density at radius 1 is 0.893 bits per heavy atom. The third-order valence-corrected chi connectivity index (χ3v) is 18.5. The van der Waals surface area contributed by atoms with Gasteiger partial charge in [-0.1, -0.05) is 87.5 Å². The van der Waals surface area contributed by atoms with E-state index >= 15 is 4.39 Å². The van der Waals surface area contributed by atoms with Gasteiger partial charge in [0, 0.05) is 89.4 Å². The number of nitrogens with zero attached hydrogens (tertiary/aromatic N) is 9. The number of halogens is 2. The molecule has 0 radical (unpaired) electrons. The van der Waals surface area contributed by atoms with Gasteiger partial charge in [0.2, 0.25) is 23.6 Å². The number of piperazine rings is 2. The molecule has 10 rings (SSSR count). The van der Waals surface area contributed by atoms with Gasteiger partial charge in [0.05, 0.1) is 52.3 Å². The lowest BCUT2D eigenvalue weighted by Crippen LogP contribution is -2.59. The quantitative estimate of drug-likeness (QED) is 0.0583. The number of aliphatic hydroxyl groups excluding tert-OH is 2. The first-order valence-corrected chi connectivity index (χ1v) is 30.5. The van der Waals surface area contributed by atoms with Crippen LogP contribution in [-0.4, -0.2) is 195 Å². The molecule has 0 spiro atoms. The summed E-state index contributed by atoms with van der Waals surface area (Å²) in [5, 5.41) is 40.6. The molecule has 4 aromatic carbocycles. The van der Waals surface area contributed by atoms with Crippen molar-refractivity contribution in [1.82, 2.24) is 50.1 Å². The van der Waals surface area contributed by atoms with Gasteiger partial charge < -0.3 is 50.5 Å². The summed E-state index contributed by atoms with van der Waals surface area (Å²) in [5.74, 6) is -1.23. The fourth-order valence-electron chi connectivity index (χ4n) is 12.4. The number of amides is 4. The second-order valence-electron chi connectivity index (χ2n) is 24.2. The Morgan fingerprint density at radius 2 is 1.60 bits per heavy atom. The molecule has 0 bridgehead atoms. The van der Waals surface area contributed by atoms with Crippen molar-refractivity contribution in [2.45, 2.75) is 84.0 Å². The van der Waals surface area contributed by atoms with Crippen molar-refractivity contribution in [3.05, 3.63) is 113 Å². The minimum Gasteiger partial charge on any atom is -0.508 e. The number of aromatic nitrogens is 3. The molecule has 4 amide bonds. The predicted molar refractivity (Wildman–Crippen MR) is 326 cm³/mol. The summed E-state index contributed by atoms with van der Waals surface area (Å²) in [6.45, 7) is 20.5. The Balaban J connectivity index is 0.733. The Morgan fingerprint density at radius 3 is 2.26 bits per heavy atom. The van der Waals surface area contributed by atoms with Gasteiger partial charge in [0.1, 0.15) is 35.0 Å². The Bertz CT molecular complexity index is 3390. The number of nitrogens with one attached hydrogen (secondary N) is 2. The largest absolute Gasteiger partial charge is 0.508 e. The average Bonchev–Trinajstić information content (AvgIpc) is 1.16. The van der Waals surface area contributed by atoms with Crippen LogP contribution in [0, 0.1) is 24.1 Å². The molecule has 84 heavy (non-hydrogen) atoms. The minimum absolute atomic E-state index is 0.00863. The summed E-state index contributed by atoms with van der Waals surface area (Å²) >= 11 is 8.57. The smallest absolute Gasteiger partial charge is 0.246 e. The van der Waals surface area contributed by atoms with Gasteiger partial charge in [-0.25, -0.2) is 19.3 Å². The van der Waals surface area contributed by atoms with Crippen LogP contribution in [0.25, 0.3) is 43.2 Å². The molecular formula is C63H77ClFN11O7S. The van der Waals surface area contributed by atoms with E-state index in [2.05, 4.69) is 36.9 Å².